The molecule has 4 heteroatoms. The minimum Gasteiger partial charge on any atom is -0.491 e. The van der Waals surface area contributed by atoms with Gasteiger partial charge >= 0.3 is 6.03 Å². The van der Waals surface area contributed by atoms with Crippen LogP contribution >= 0.6 is 0 Å². The summed E-state index contributed by atoms with van der Waals surface area (Å²) < 4.78 is 5.69. The van der Waals surface area contributed by atoms with E-state index in [0.29, 0.717) is 0 Å². The molecule has 0 saturated heterocycles. The van der Waals surface area contributed by atoms with Crippen molar-refractivity contribution < 1.29 is 9.53 Å². The van der Waals surface area contributed by atoms with Gasteiger partial charge in [0, 0.05) is 11.4 Å². The van der Waals surface area contributed by atoms with Gasteiger partial charge in [-0.1, -0.05) is 25.1 Å². The number of para-hydroxylation sites is 1. The van der Waals surface area contributed by atoms with Crippen LogP contribution in [0, 0.1) is 0 Å². The maximum Gasteiger partial charge on any atom is 0.323 e. The summed E-state index contributed by atoms with van der Waals surface area (Å²) in [5.41, 5.74) is 1.48. The first-order chi connectivity index (χ1) is 10.2. The Hall–Kier alpha value is -2.49. The van der Waals surface area contributed by atoms with Crippen molar-refractivity contribution in [3.8, 4) is 5.75 Å². The SMILES string of the molecule is CCC(C)Oc1ccc(NC(=O)Nc2ccccc2)cc1. The number of carbonyl (C=O) groups excluding carboxylic acids is 1. The fraction of sp³-hybridized carbons (Fsp3) is 0.235. The van der Waals surface area contributed by atoms with Crippen LogP contribution in [0.4, 0.5) is 16.2 Å². The number of anilines is 2. The highest BCUT2D eigenvalue weighted by Crippen LogP contribution is 2.18. The van der Waals surface area contributed by atoms with Crippen molar-refractivity contribution in [1.29, 1.82) is 0 Å². The molecule has 2 amide bonds. The van der Waals surface area contributed by atoms with E-state index in [2.05, 4.69) is 17.6 Å². The molecule has 0 aliphatic heterocycles. The number of benzene rings is 2. The van der Waals surface area contributed by atoms with Gasteiger partial charge in [-0.3, -0.25) is 0 Å². The minimum atomic E-state index is -0.267. The summed E-state index contributed by atoms with van der Waals surface area (Å²) in [7, 11) is 0. The monoisotopic (exact) mass is 284 g/mol. The fourth-order valence-corrected chi connectivity index (χ4v) is 1.75. The number of urea groups is 1. The van der Waals surface area contributed by atoms with Crippen molar-refractivity contribution in [2.24, 2.45) is 0 Å². The zero-order valence-corrected chi connectivity index (χ0v) is 12.3. The molecule has 1 unspecified atom stereocenters. The third kappa shape index (κ3) is 4.84. The molecule has 0 aliphatic carbocycles. The predicted molar refractivity (Wildman–Crippen MR) is 85.9 cm³/mol. The maximum atomic E-state index is 11.8. The number of nitrogens with one attached hydrogen (secondary N) is 2. The van der Waals surface area contributed by atoms with E-state index >= 15 is 0 Å². The predicted octanol–water partition coefficient (Wildman–Crippen LogP) is 4.51. The van der Waals surface area contributed by atoms with Crippen molar-refractivity contribution >= 4 is 17.4 Å². The van der Waals surface area contributed by atoms with Crippen LogP contribution in [0.15, 0.2) is 54.6 Å². The summed E-state index contributed by atoms with van der Waals surface area (Å²) in [5.74, 6) is 0.804. The lowest BCUT2D eigenvalue weighted by molar-refractivity contribution is 0.217. The smallest absolute Gasteiger partial charge is 0.323 e. The van der Waals surface area contributed by atoms with Crippen LogP contribution in [-0.2, 0) is 0 Å². The van der Waals surface area contributed by atoms with E-state index in [0.717, 1.165) is 23.5 Å². The topological polar surface area (TPSA) is 50.4 Å². The van der Waals surface area contributed by atoms with E-state index < -0.39 is 0 Å². The average Bonchev–Trinajstić information content (AvgIpc) is 2.50. The Morgan fingerprint density at radius 3 is 2.14 bits per heavy atom. The molecule has 0 saturated carbocycles. The number of ether oxygens (including phenoxy) is 1. The number of hydrogen-bond donors (Lipinski definition) is 2. The van der Waals surface area contributed by atoms with Crippen molar-refractivity contribution in [1.82, 2.24) is 0 Å². The van der Waals surface area contributed by atoms with Crippen LogP contribution in [0.25, 0.3) is 0 Å². The lowest BCUT2D eigenvalue weighted by Gasteiger charge is -2.13. The average molecular weight is 284 g/mol. The third-order valence-electron chi connectivity index (χ3n) is 3.06. The normalized spacial score (nSPS) is 11.5. The van der Waals surface area contributed by atoms with Gasteiger partial charge in [-0.05, 0) is 49.7 Å². The summed E-state index contributed by atoms with van der Waals surface area (Å²) in [4.78, 5) is 11.8. The summed E-state index contributed by atoms with van der Waals surface area (Å²) in [5, 5.41) is 5.54. The van der Waals surface area contributed by atoms with Gasteiger partial charge in [0.2, 0.25) is 0 Å². The van der Waals surface area contributed by atoms with E-state index in [-0.39, 0.29) is 12.1 Å². The molecule has 21 heavy (non-hydrogen) atoms. The highest BCUT2D eigenvalue weighted by Gasteiger charge is 2.04. The molecule has 2 aromatic carbocycles. The van der Waals surface area contributed by atoms with E-state index in [4.69, 9.17) is 4.74 Å². The van der Waals surface area contributed by atoms with Crippen LogP contribution in [0.2, 0.25) is 0 Å². The Balaban J connectivity index is 1.89. The van der Waals surface area contributed by atoms with E-state index in [1.165, 1.54) is 0 Å². The van der Waals surface area contributed by atoms with Gasteiger partial charge in [0.15, 0.2) is 0 Å². The second-order valence-electron chi connectivity index (χ2n) is 4.81. The van der Waals surface area contributed by atoms with Gasteiger partial charge in [-0.15, -0.1) is 0 Å². The van der Waals surface area contributed by atoms with Gasteiger partial charge in [-0.2, -0.15) is 0 Å². The molecular formula is C17H20N2O2. The van der Waals surface area contributed by atoms with Crippen molar-refractivity contribution in [2.75, 3.05) is 10.6 Å². The number of rotatable bonds is 5. The molecule has 0 radical (unpaired) electrons. The lowest BCUT2D eigenvalue weighted by Crippen LogP contribution is -2.19. The lowest BCUT2D eigenvalue weighted by atomic mass is 10.3. The Kier molecular flexibility index (Phi) is 5.21. The molecule has 1 atom stereocenters. The number of carbonyl (C=O) groups is 1. The Labute approximate surface area is 125 Å². The zero-order chi connectivity index (χ0) is 15.1. The molecule has 2 rings (SSSR count). The van der Waals surface area contributed by atoms with Crippen LogP contribution in [0.3, 0.4) is 0 Å². The Bertz CT molecular complexity index is 567. The molecule has 0 spiro atoms. The molecule has 0 aromatic heterocycles. The second-order valence-corrected chi connectivity index (χ2v) is 4.81. The zero-order valence-electron chi connectivity index (χ0n) is 12.3. The van der Waals surface area contributed by atoms with Gasteiger partial charge in [0.25, 0.3) is 0 Å². The quantitative estimate of drug-likeness (QED) is 0.848. The van der Waals surface area contributed by atoms with Crippen LogP contribution in [-0.4, -0.2) is 12.1 Å². The van der Waals surface area contributed by atoms with E-state index in [1.807, 2.05) is 61.5 Å². The number of hydrogen-bond acceptors (Lipinski definition) is 2. The molecule has 2 aromatic rings. The standard InChI is InChI=1S/C17H20N2O2/c1-3-13(2)21-16-11-9-15(10-12-16)19-17(20)18-14-7-5-4-6-8-14/h4-13H,3H2,1-2H3,(H2,18,19,20). The molecule has 0 heterocycles. The Morgan fingerprint density at radius 2 is 1.57 bits per heavy atom. The molecule has 110 valence electrons. The van der Waals surface area contributed by atoms with Crippen molar-refractivity contribution in [2.45, 2.75) is 26.4 Å². The highest BCUT2D eigenvalue weighted by molar-refractivity contribution is 5.99. The van der Waals surface area contributed by atoms with E-state index in [1.54, 1.807) is 0 Å². The molecule has 0 aliphatic rings. The highest BCUT2D eigenvalue weighted by atomic mass is 16.5. The second kappa shape index (κ2) is 7.33. The van der Waals surface area contributed by atoms with Gasteiger partial charge in [0.1, 0.15) is 5.75 Å². The molecule has 2 N–H and O–H groups in total. The third-order valence-corrected chi connectivity index (χ3v) is 3.06. The molecule has 0 fully saturated rings. The first-order valence-corrected chi connectivity index (χ1v) is 7.07. The van der Waals surface area contributed by atoms with Crippen LogP contribution < -0.4 is 15.4 Å². The minimum absolute atomic E-state index is 0.185. The summed E-state index contributed by atoms with van der Waals surface area (Å²) in [6.07, 6.45) is 1.14. The van der Waals surface area contributed by atoms with Gasteiger partial charge in [-0.25, -0.2) is 4.79 Å². The van der Waals surface area contributed by atoms with E-state index in [9.17, 15) is 4.79 Å². The van der Waals surface area contributed by atoms with Gasteiger partial charge < -0.3 is 15.4 Å². The Morgan fingerprint density at radius 1 is 1.00 bits per heavy atom. The van der Waals surface area contributed by atoms with Crippen molar-refractivity contribution in [3.05, 3.63) is 54.6 Å². The van der Waals surface area contributed by atoms with Crippen molar-refractivity contribution in [3.63, 3.8) is 0 Å². The van der Waals surface area contributed by atoms with Crippen LogP contribution in [0.5, 0.6) is 5.75 Å². The first kappa shape index (κ1) is 14.9. The largest absolute Gasteiger partial charge is 0.491 e. The summed E-state index contributed by atoms with van der Waals surface area (Å²) in [6, 6.07) is 16.4. The summed E-state index contributed by atoms with van der Waals surface area (Å²) >= 11 is 0. The fourth-order valence-electron chi connectivity index (χ4n) is 1.75. The number of amides is 2. The summed E-state index contributed by atoms with van der Waals surface area (Å²) in [6.45, 7) is 4.11. The molecule has 4 nitrogen and oxygen atoms in total. The van der Waals surface area contributed by atoms with Crippen LogP contribution in [0.1, 0.15) is 20.3 Å². The maximum absolute atomic E-state index is 11.8. The molecule has 0 bridgehead atoms. The van der Waals surface area contributed by atoms with Gasteiger partial charge in [0.05, 0.1) is 6.10 Å². The molecular weight excluding hydrogens is 264 g/mol. The first-order valence-electron chi connectivity index (χ1n) is 7.07.